The Kier molecular flexibility index (Phi) is 2.34. The van der Waals surface area contributed by atoms with E-state index in [1.54, 1.807) is 0 Å². The summed E-state index contributed by atoms with van der Waals surface area (Å²) in [4.78, 5) is 21.7. The number of thioether (sulfide) groups is 1. The van der Waals surface area contributed by atoms with Crippen LogP contribution in [0.3, 0.4) is 0 Å². The van der Waals surface area contributed by atoms with Crippen LogP contribution in [-0.2, 0) is 23.9 Å². The van der Waals surface area contributed by atoms with Crippen LogP contribution in [0.2, 0.25) is 0 Å². The van der Waals surface area contributed by atoms with Gasteiger partial charge in [-0.2, -0.15) is 8.42 Å². The standard InChI is InChI=1S/C9H10O6S2/c10-8(11)9(12)16-7-3-1-4-5(2-3)17(13,14)15-6(4)7/h3-7H,1-2H2,(H,10,11). The minimum Gasteiger partial charge on any atom is -0.475 e. The monoisotopic (exact) mass is 278 g/mol. The Bertz CT molecular complexity index is 498. The summed E-state index contributed by atoms with van der Waals surface area (Å²) in [5, 5.41) is 6.86. The maximum Gasteiger partial charge on any atom is 0.383 e. The highest BCUT2D eigenvalue weighted by atomic mass is 32.2. The van der Waals surface area contributed by atoms with Gasteiger partial charge < -0.3 is 5.11 Å². The van der Waals surface area contributed by atoms with Gasteiger partial charge in [0.05, 0.1) is 11.4 Å². The third-order valence-electron chi connectivity index (χ3n) is 3.83. The third-order valence-corrected chi connectivity index (χ3v) is 6.92. The number of aliphatic carboxylic acids is 1. The van der Waals surface area contributed by atoms with Crippen molar-refractivity contribution in [2.75, 3.05) is 0 Å². The number of carboxylic acid groups (broad SMARTS) is 1. The molecule has 1 heterocycles. The van der Waals surface area contributed by atoms with Crippen LogP contribution in [0.25, 0.3) is 0 Å². The number of rotatable bonds is 1. The van der Waals surface area contributed by atoms with Crippen molar-refractivity contribution in [3.8, 4) is 0 Å². The lowest BCUT2D eigenvalue weighted by atomic mass is 9.97. The molecule has 0 amide bonds. The van der Waals surface area contributed by atoms with E-state index in [0.717, 1.165) is 6.42 Å². The van der Waals surface area contributed by atoms with Crippen LogP contribution >= 0.6 is 11.8 Å². The second-order valence-electron chi connectivity index (χ2n) is 4.66. The van der Waals surface area contributed by atoms with Crippen molar-refractivity contribution in [2.45, 2.75) is 29.4 Å². The summed E-state index contributed by atoms with van der Waals surface area (Å²) in [5.74, 6) is -1.46. The van der Waals surface area contributed by atoms with E-state index in [4.69, 9.17) is 9.29 Å². The molecular formula is C9H10O6S2. The van der Waals surface area contributed by atoms with Gasteiger partial charge in [-0.3, -0.25) is 8.98 Å². The number of carboxylic acids is 1. The van der Waals surface area contributed by atoms with Crippen LogP contribution in [0.15, 0.2) is 0 Å². The lowest BCUT2D eigenvalue weighted by Gasteiger charge is -2.22. The van der Waals surface area contributed by atoms with Crippen molar-refractivity contribution < 1.29 is 27.3 Å². The molecule has 0 aromatic carbocycles. The van der Waals surface area contributed by atoms with Gasteiger partial charge in [0, 0.05) is 11.2 Å². The molecular weight excluding hydrogens is 268 g/mol. The largest absolute Gasteiger partial charge is 0.475 e. The Morgan fingerprint density at radius 3 is 2.65 bits per heavy atom. The molecule has 94 valence electrons. The number of hydrogen-bond acceptors (Lipinski definition) is 6. The topological polar surface area (TPSA) is 97.7 Å². The van der Waals surface area contributed by atoms with E-state index in [2.05, 4.69) is 0 Å². The minimum absolute atomic E-state index is 0.0518. The highest BCUT2D eigenvalue weighted by molar-refractivity contribution is 8.15. The van der Waals surface area contributed by atoms with Crippen molar-refractivity contribution in [2.24, 2.45) is 11.8 Å². The van der Waals surface area contributed by atoms with Crippen molar-refractivity contribution in [1.29, 1.82) is 0 Å². The Hall–Kier alpha value is -0.600. The van der Waals surface area contributed by atoms with Gasteiger partial charge in [0.2, 0.25) is 0 Å². The van der Waals surface area contributed by atoms with E-state index in [1.165, 1.54) is 0 Å². The molecule has 3 rings (SSSR count). The SMILES string of the molecule is O=C(O)C(=O)SC1C2CC3C1OS(=O)(=O)C3C2. The molecule has 1 N–H and O–H groups in total. The van der Waals surface area contributed by atoms with E-state index in [9.17, 15) is 18.0 Å². The van der Waals surface area contributed by atoms with Crippen molar-refractivity contribution in [1.82, 2.24) is 0 Å². The van der Waals surface area contributed by atoms with Crippen molar-refractivity contribution in [3.05, 3.63) is 0 Å². The molecule has 3 fully saturated rings. The zero-order valence-corrected chi connectivity index (χ0v) is 10.2. The van der Waals surface area contributed by atoms with Crippen molar-refractivity contribution in [3.63, 3.8) is 0 Å². The third kappa shape index (κ3) is 1.54. The van der Waals surface area contributed by atoms with Crippen molar-refractivity contribution >= 4 is 33.0 Å². The summed E-state index contributed by atoms with van der Waals surface area (Å²) < 4.78 is 28.3. The molecule has 0 radical (unpaired) electrons. The highest BCUT2D eigenvalue weighted by Gasteiger charge is 2.64. The van der Waals surface area contributed by atoms with E-state index >= 15 is 0 Å². The number of hydrogen-bond donors (Lipinski definition) is 1. The van der Waals surface area contributed by atoms with Gasteiger partial charge in [-0.05, 0) is 18.8 Å². The first-order valence-electron chi connectivity index (χ1n) is 5.26. The molecule has 17 heavy (non-hydrogen) atoms. The predicted octanol–water partition coefficient (Wildman–Crippen LogP) is -0.164. The summed E-state index contributed by atoms with van der Waals surface area (Å²) in [6, 6.07) is 0. The van der Waals surface area contributed by atoms with Crippen LogP contribution in [0, 0.1) is 11.8 Å². The maximum absolute atomic E-state index is 11.6. The molecule has 1 aliphatic heterocycles. The average molecular weight is 278 g/mol. The van der Waals surface area contributed by atoms with Gasteiger partial charge in [-0.25, -0.2) is 4.79 Å². The summed E-state index contributed by atoms with van der Waals surface area (Å²) >= 11 is 0.711. The van der Waals surface area contributed by atoms with Gasteiger partial charge in [0.15, 0.2) is 0 Å². The molecule has 5 unspecified atom stereocenters. The zero-order chi connectivity index (χ0) is 12.4. The van der Waals surface area contributed by atoms with E-state index in [0.29, 0.717) is 18.2 Å². The number of fused-ring (bicyclic) bond motifs is 1. The minimum atomic E-state index is -3.49. The Labute approximate surface area is 102 Å². The zero-order valence-electron chi connectivity index (χ0n) is 8.61. The van der Waals surface area contributed by atoms with Gasteiger partial charge in [-0.15, -0.1) is 0 Å². The van der Waals surface area contributed by atoms with E-state index in [-0.39, 0.29) is 17.1 Å². The molecule has 1 saturated heterocycles. The lowest BCUT2D eigenvalue weighted by Crippen LogP contribution is -2.33. The molecule has 0 spiro atoms. The van der Waals surface area contributed by atoms with Gasteiger partial charge in [0.25, 0.3) is 15.2 Å². The molecule has 2 aliphatic carbocycles. The summed E-state index contributed by atoms with van der Waals surface area (Å²) in [6.45, 7) is 0. The van der Waals surface area contributed by atoms with Crippen LogP contribution in [-0.4, -0.2) is 41.2 Å². The molecule has 0 aromatic rings. The second-order valence-corrected chi connectivity index (χ2v) is 7.60. The first kappa shape index (κ1) is 11.5. The van der Waals surface area contributed by atoms with Crippen LogP contribution in [0.5, 0.6) is 0 Å². The van der Waals surface area contributed by atoms with Gasteiger partial charge >= 0.3 is 5.97 Å². The average Bonchev–Trinajstić information content (AvgIpc) is 2.81. The highest BCUT2D eigenvalue weighted by Crippen LogP contribution is 2.57. The van der Waals surface area contributed by atoms with E-state index < -0.39 is 32.6 Å². The second kappa shape index (κ2) is 3.46. The smallest absolute Gasteiger partial charge is 0.383 e. The molecule has 5 atom stereocenters. The summed E-state index contributed by atoms with van der Waals surface area (Å²) in [7, 11) is -3.49. The normalized spacial score (nSPS) is 45.1. The van der Waals surface area contributed by atoms with Crippen LogP contribution in [0.1, 0.15) is 12.8 Å². The first-order valence-corrected chi connectivity index (χ1v) is 7.61. The molecule has 6 nitrogen and oxygen atoms in total. The number of carbonyl (C=O) groups is 2. The Balaban J connectivity index is 1.83. The molecule has 2 saturated carbocycles. The Morgan fingerprint density at radius 1 is 1.29 bits per heavy atom. The molecule has 0 aromatic heterocycles. The Morgan fingerprint density at radius 2 is 2.00 bits per heavy atom. The summed E-state index contributed by atoms with van der Waals surface area (Å²) in [6.07, 6.45) is 0.713. The lowest BCUT2D eigenvalue weighted by molar-refractivity contribution is -0.144. The number of carbonyl (C=O) groups excluding carboxylic acids is 1. The predicted molar refractivity (Wildman–Crippen MR) is 57.8 cm³/mol. The van der Waals surface area contributed by atoms with Crippen LogP contribution in [0.4, 0.5) is 0 Å². The maximum atomic E-state index is 11.6. The first-order chi connectivity index (χ1) is 7.90. The molecule has 2 bridgehead atoms. The molecule has 3 aliphatic rings. The fourth-order valence-electron chi connectivity index (χ4n) is 3.22. The van der Waals surface area contributed by atoms with Gasteiger partial charge in [0.1, 0.15) is 0 Å². The van der Waals surface area contributed by atoms with Crippen LogP contribution < -0.4 is 0 Å². The van der Waals surface area contributed by atoms with E-state index in [1.807, 2.05) is 0 Å². The fraction of sp³-hybridized carbons (Fsp3) is 0.778. The fourth-order valence-corrected chi connectivity index (χ4v) is 6.33. The summed E-state index contributed by atoms with van der Waals surface area (Å²) in [5.41, 5.74) is 0. The quantitative estimate of drug-likeness (QED) is 0.525. The molecule has 8 heteroatoms. The van der Waals surface area contributed by atoms with Gasteiger partial charge in [-0.1, -0.05) is 11.8 Å².